The Kier molecular flexibility index (Phi) is 4.62. The van der Waals surface area contributed by atoms with Gasteiger partial charge in [-0.05, 0) is 31.5 Å². The third kappa shape index (κ3) is 2.89. The summed E-state index contributed by atoms with van der Waals surface area (Å²) in [6.07, 6.45) is 2.58. The Balaban J connectivity index is 3.00. The molecule has 88 valence electrons. The molecule has 1 N–H and O–H groups in total. The third-order valence-corrected chi connectivity index (χ3v) is 2.46. The molecule has 0 radical (unpaired) electrons. The second-order valence-corrected chi connectivity index (χ2v) is 3.79. The number of hydrogen-bond donors (Lipinski definition) is 1. The molecule has 0 aromatic heterocycles. The van der Waals surface area contributed by atoms with Crippen LogP contribution in [0, 0.1) is 18.6 Å². The molecule has 3 heteroatoms. The second-order valence-electron chi connectivity index (χ2n) is 3.79. The molecule has 0 fully saturated rings. The normalized spacial score (nSPS) is 12.5. The smallest absolute Gasteiger partial charge is 0.131 e. The van der Waals surface area contributed by atoms with Crippen LogP contribution < -0.4 is 5.32 Å². The van der Waals surface area contributed by atoms with Crippen LogP contribution in [0.25, 0.3) is 0 Å². The largest absolute Gasteiger partial charge is 0.307 e. The van der Waals surface area contributed by atoms with E-state index >= 15 is 0 Å². The van der Waals surface area contributed by atoms with E-state index in [4.69, 9.17) is 0 Å². The first-order valence-electron chi connectivity index (χ1n) is 5.41. The van der Waals surface area contributed by atoms with Gasteiger partial charge in [0.15, 0.2) is 0 Å². The molecule has 1 rings (SSSR count). The van der Waals surface area contributed by atoms with E-state index in [2.05, 4.69) is 11.9 Å². The zero-order chi connectivity index (χ0) is 12.1. The first kappa shape index (κ1) is 12.8. The summed E-state index contributed by atoms with van der Waals surface area (Å²) in [5.74, 6) is -1.05. The fourth-order valence-electron chi connectivity index (χ4n) is 1.54. The monoisotopic (exact) mass is 225 g/mol. The summed E-state index contributed by atoms with van der Waals surface area (Å²) < 4.78 is 26.7. The average molecular weight is 225 g/mol. The Morgan fingerprint density at radius 3 is 2.62 bits per heavy atom. The lowest BCUT2D eigenvalue weighted by molar-refractivity contribution is 0.536. The molecule has 1 aromatic carbocycles. The van der Waals surface area contributed by atoms with Gasteiger partial charge in [0, 0.05) is 11.6 Å². The summed E-state index contributed by atoms with van der Waals surface area (Å²) in [7, 11) is 0. The van der Waals surface area contributed by atoms with Crippen molar-refractivity contribution >= 4 is 0 Å². The van der Waals surface area contributed by atoms with E-state index in [1.54, 1.807) is 13.0 Å². The van der Waals surface area contributed by atoms with Gasteiger partial charge in [-0.3, -0.25) is 0 Å². The van der Waals surface area contributed by atoms with Crippen LogP contribution in [0.5, 0.6) is 0 Å². The fourth-order valence-corrected chi connectivity index (χ4v) is 1.54. The van der Waals surface area contributed by atoms with E-state index in [-0.39, 0.29) is 6.04 Å². The Bertz CT molecular complexity index is 374. The zero-order valence-electron chi connectivity index (χ0n) is 9.69. The lowest BCUT2D eigenvalue weighted by Gasteiger charge is -2.16. The van der Waals surface area contributed by atoms with E-state index in [1.807, 2.05) is 6.92 Å². The third-order valence-electron chi connectivity index (χ3n) is 2.46. The first-order valence-corrected chi connectivity index (χ1v) is 5.41. The number of benzene rings is 1. The van der Waals surface area contributed by atoms with Crippen LogP contribution in [0.3, 0.4) is 0 Å². The van der Waals surface area contributed by atoms with Crippen LogP contribution in [0.1, 0.15) is 30.5 Å². The van der Waals surface area contributed by atoms with Crippen molar-refractivity contribution in [3.05, 3.63) is 47.5 Å². The fraction of sp³-hybridized carbons (Fsp3) is 0.385. The summed E-state index contributed by atoms with van der Waals surface area (Å²) in [5, 5.41) is 3.14. The summed E-state index contributed by atoms with van der Waals surface area (Å²) in [4.78, 5) is 0. The van der Waals surface area contributed by atoms with Gasteiger partial charge < -0.3 is 5.32 Å². The highest BCUT2D eigenvalue weighted by molar-refractivity contribution is 5.30. The summed E-state index contributed by atoms with van der Waals surface area (Å²) in [6, 6.07) is 2.19. The van der Waals surface area contributed by atoms with Gasteiger partial charge in [0.2, 0.25) is 0 Å². The topological polar surface area (TPSA) is 12.0 Å². The minimum atomic E-state index is -0.531. The van der Waals surface area contributed by atoms with Crippen LogP contribution in [0.2, 0.25) is 0 Å². The molecule has 1 unspecified atom stereocenters. The summed E-state index contributed by atoms with van der Waals surface area (Å²) in [6.45, 7) is 8.08. The molecule has 0 heterocycles. The van der Waals surface area contributed by atoms with Crippen molar-refractivity contribution in [3.63, 3.8) is 0 Å². The molecular weight excluding hydrogens is 208 g/mol. The molecule has 1 nitrogen and oxygen atoms in total. The minimum absolute atomic E-state index is 0.265. The molecule has 0 aliphatic heterocycles. The number of nitrogens with one attached hydrogen (secondary N) is 1. The van der Waals surface area contributed by atoms with Crippen molar-refractivity contribution in [2.45, 2.75) is 26.3 Å². The summed E-state index contributed by atoms with van der Waals surface area (Å²) >= 11 is 0. The van der Waals surface area contributed by atoms with Crippen molar-refractivity contribution in [1.29, 1.82) is 0 Å². The van der Waals surface area contributed by atoms with Crippen LogP contribution in [-0.4, -0.2) is 6.54 Å². The van der Waals surface area contributed by atoms with Gasteiger partial charge in [0.1, 0.15) is 11.6 Å². The van der Waals surface area contributed by atoms with E-state index in [1.165, 1.54) is 6.07 Å². The van der Waals surface area contributed by atoms with Gasteiger partial charge in [0.25, 0.3) is 0 Å². The predicted molar refractivity (Wildman–Crippen MR) is 62.3 cm³/mol. The maximum absolute atomic E-state index is 13.6. The molecule has 16 heavy (non-hydrogen) atoms. The van der Waals surface area contributed by atoms with Crippen LogP contribution in [-0.2, 0) is 0 Å². The number of rotatable bonds is 5. The van der Waals surface area contributed by atoms with Gasteiger partial charge in [-0.15, -0.1) is 6.58 Å². The average Bonchev–Trinajstić information content (AvgIpc) is 2.26. The van der Waals surface area contributed by atoms with Crippen LogP contribution >= 0.6 is 0 Å². The Labute approximate surface area is 95.2 Å². The highest BCUT2D eigenvalue weighted by Gasteiger charge is 2.14. The van der Waals surface area contributed by atoms with Gasteiger partial charge in [-0.25, -0.2) is 8.78 Å². The molecule has 0 bridgehead atoms. The molecular formula is C13H17F2N. The van der Waals surface area contributed by atoms with Gasteiger partial charge in [-0.2, -0.15) is 0 Å². The van der Waals surface area contributed by atoms with E-state index < -0.39 is 11.6 Å². The van der Waals surface area contributed by atoms with E-state index in [0.29, 0.717) is 11.1 Å². The zero-order valence-corrected chi connectivity index (χ0v) is 9.69. The second kappa shape index (κ2) is 5.75. The lowest BCUT2D eigenvalue weighted by Crippen LogP contribution is -2.21. The van der Waals surface area contributed by atoms with E-state index in [0.717, 1.165) is 19.0 Å². The van der Waals surface area contributed by atoms with Gasteiger partial charge in [0.05, 0.1) is 6.04 Å². The van der Waals surface area contributed by atoms with Crippen molar-refractivity contribution in [3.8, 4) is 0 Å². The standard InChI is InChI=1S/C13H17F2N/c1-4-6-16-13(5-2)10-7-9(3)11(14)8-12(10)15/h5,7-8,13,16H,2,4,6H2,1,3H3. The quantitative estimate of drug-likeness (QED) is 0.756. The molecule has 0 saturated heterocycles. The molecule has 1 atom stereocenters. The van der Waals surface area contributed by atoms with Crippen molar-refractivity contribution in [2.24, 2.45) is 0 Å². The predicted octanol–water partition coefficient (Wildman–Crippen LogP) is 3.50. The number of aryl methyl sites for hydroxylation is 1. The molecule has 0 amide bonds. The molecule has 0 aliphatic carbocycles. The highest BCUT2D eigenvalue weighted by Crippen LogP contribution is 2.21. The lowest BCUT2D eigenvalue weighted by atomic mass is 10.0. The number of halogens is 2. The van der Waals surface area contributed by atoms with Crippen molar-refractivity contribution in [1.82, 2.24) is 5.32 Å². The molecule has 0 aliphatic rings. The Morgan fingerprint density at radius 1 is 1.38 bits per heavy atom. The maximum Gasteiger partial charge on any atom is 0.131 e. The van der Waals surface area contributed by atoms with Gasteiger partial charge in [-0.1, -0.05) is 13.0 Å². The Morgan fingerprint density at radius 2 is 2.06 bits per heavy atom. The first-order chi connectivity index (χ1) is 7.60. The summed E-state index contributed by atoms with van der Waals surface area (Å²) in [5.41, 5.74) is 0.892. The molecule has 0 saturated carbocycles. The SMILES string of the molecule is C=CC(NCCC)c1cc(C)c(F)cc1F. The highest BCUT2D eigenvalue weighted by atomic mass is 19.1. The molecule has 0 spiro atoms. The minimum Gasteiger partial charge on any atom is -0.307 e. The van der Waals surface area contributed by atoms with Crippen molar-refractivity contribution in [2.75, 3.05) is 6.54 Å². The number of hydrogen-bond acceptors (Lipinski definition) is 1. The van der Waals surface area contributed by atoms with Gasteiger partial charge >= 0.3 is 0 Å². The van der Waals surface area contributed by atoms with Crippen LogP contribution in [0.4, 0.5) is 8.78 Å². The van der Waals surface area contributed by atoms with Crippen LogP contribution in [0.15, 0.2) is 24.8 Å². The van der Waals surface area contributed by atoms with Crippen molar-refractivity contribution < 1.29 is 8.78 Å². The Hall–Kier alpha value is -1.22. The maximum atomic E-state index is 13.6. The molecule has 1 aromatic rings. The van der Waals surface area contributed by atoms with E-state index in [9.17, 15) is 8.78 Å².